The molecule has 0 spiro atoms. The van der Waals surface area contributed by atoms with E-state index in [0.29, 0.717) is 30.1 Å². The molecule has 8 nitrogen and oxygen atoms in total. The number of amides is 2. The number of ether oxygens (including phenoxy) is 1. The highest BCUT2D eigenvalue weighted by Gasteiger charge is 2.37. The highest BCUT2D eigenvalue weighted by Crippen LogP contribution is 2.39. The number of anilines is 1. The standard InChI is InChI=1S/C21H24F2N4O4/c1-30-16-4-2-3-15(10-16)27-12-14(9-18(27)28)20(29)24-11-17-25-19(26-31-17)13-5-7-21(22,23)8-6-13/h2-4,10,13-14H,5-9,11-12H2,1H3,(H,24,29). The van der Waals surface area contributed by atoms with E-state index in [9.17, 15) is 18.4 Å². The summed E-state index contributed by atoms with van der Waals surface area (Å²) in [6.45, 7) is 0.293. The van der Waals surface area contributed by atoms with Crippen LogP contribution in [0, 0.1) is 5.92 Å². The Hall–Kier alpha value is -3.04. The van der Waals surface area contributed by atoms with E-state index in [2.05, 4.69) is 15.5 Å². The van der Waals surface area contributed by atoms with Crippen LogP contribution < -0.4 is 15.0 Å². The summed E-state index contributed by atoms with van der Waals surface area (Å²) in [6, 6.07) is 7.11. The molecule has 2 aromatic rings. The Balaban J connectivity index is 1.30. The highest BCUT2D eigenvalue weighted by atomic mass is 19.3. The molecule has 1 saturated carbocycles. The van der Waals surface area contributed by atoms with Crippen molar-refractivity contribution in [3.63, 3.8) is 0 Å². The number of aromatic nitrogens is 2. The molecule has 4 rings (SSSR count). The van der Waals surface area contributed by atoms with Gasteiger partial charge in [-0.3, -0.25) is 9.59 Å². The molecule has 1 aromatic carbocycles. The van der Waals surface area contributed by atoms with Gasteiger partial charge in [0.15, 0.2) is 5.82 Å². The van der Waals surface area contributed by atoms with Gasteiger partial charge in [0.05, 0.1) is 19.6 Å². The van der Waals surface area contributed by atoms with Crippen LogP contribution >= 0.6 is 0 Å². The first-order valence-electron chi connectivity index (χ1n) is 10.3. The maximum absolute atomic E-state index is 13.3. The number of alkyl halides is 2. The van der Waals surface area contributed by atoms with Gasteiger partial charge in [-0.05, 0) is 25.0 Å². The molecule has 1 aromatic heterocycles. The van der Waals surface area contributed by atoms with Crippen molar-refractivity contribution in [2.24, 2.45) is 5.92 Å². The molecular formula is C21H24F2N4O4. The zero-order chi connectivity index (χ0) is 22.0. The lowest BCUT2D eigenvalue weighted by Crippen LogP contribution is -2.32. The van der Waals surface area contributed by atoms with E-state index < -0.39 is 11.8 Å². The zero-order valence-corrected chi connectivity index (χ0v) is 17.1. The van der Waals surface area contributed by atoms with E-state index in [1.54, 1.807) is 36.3 Å². The summed E-state index contributed by atoms with van der Waals surface area (Å²) in [5, 5.41) is 6.61. The average molecular weight is 434 g/mol. The van der Waals surface area contributed by atoms with Crippen LogP contribution in [-0.4, -0.2) is 41.5 Å². The first-order chi connectivity index (χ1) is 14.8. The minimum absolute atomic E-state index is 0.0264. The Labute approximate surface area is 177 Å². The van der Waals surface area contributed by atoms with Crippen LogP contribution in [0.1, 0.15) is 49.7 Å². The van der Waals surface area contributed by atoms with Crippen molar-refractivity contribution >= 4 is 17.5 Å². The van der Waals surface area contributed by atoms with Crippen LogP contribution in [0.5, 0.6) is 5.75 Å². The molecule has 31 heavy (non-hydrogen) atoms. The number of nitrogens with zero attached hydrogens (tertiary/aromatic N) is 3. The molecule has 1 N–H and O–H groups in total. The largest absolute Gasteiger partial charge is 0.497 e. The van der Waals surface area contributed by atoms with Crippen LogP contribution in [0.15, 0.2) is 28.8 Å². The van der Waals surface area contributed by atoms with Gasteiger partial charge in [-0.15, -0.1) is 0 Å². The topological polar surface area (TPSA) is 97.6 Å². The number of hydrogen-bond donors (Lipinski definition) is 1. The molecule has 166 valence electrons. The predicted molar refractivity (Wildman–Crippen MR) is 106 cm³/mol. The number of nitrogens with one attached hydrogen (secondary N) is 1. The Morgan fingerprint density at radius 2 is 2.13 bits per heavy atom. The quantitative estimate of drug-likeness (QED) is 0.751. The second-order valence-corrected chi connectivity index (χ2v) is 8.00. The predicted octanol–water partition coefficient (Wildman–Crippen LogP) is 3.04. The molecule has 1 saturated heterocycles. The third kappa shape index (κ3) is 4.83. The third-order valence-electron chi connectivity index (χ3n) is 5.84. The fraction of sp³-hybridized carbons (Fsp3) is 0.524. The normalized spacial score (nSPS) is 21.3. The Bertz CT molecular complexity index is 954. The number of hydrogen-bond acceptors (Lipinski definition) is 6. The summed E-state index contributed by atoms with van der Waals surface area (Å²) in [4.78, 5) is 30.8. The van der Waals surface area contributed by atoms with E-state index in [1.165, 1.54) is 0 Å². The molecule has 2 amide bonds. The summed E-state index contributed by atoms with van der Waals surface area (Å²) in [7, 11) is 1.55. The second kappa shape index (κ2) is 8.60. The van der Waals surface area contributed by atoms with Crippen molar-refractivity contribution in [2.45, 2.75) is 50.5 Å². The number of carbonyl (C=O) groups is 2. The minimum atomic E-state index is -2.62. The lowest BCUT2D eigenvalue weighted by molar-refractivity contribution is -0.126. The van der Waals surface area contributed by atoms with Gasteiger partial charge in [-0.2, -0.15) is 4.98 Å². The zero-order valence-electron chi connectivity index (χ0n) is 17.1. The SMILES string of the molecule is COc1cccc(N2CC(C(=O)NCc3nc(C4CCC(F)(F)CC4)no3)CC2=O)c1. The molecule has 1 aliphatic heterocycles. The van der Waals surface area contributed by atoms with Gasteiger partial charge < -0.3 is 19.5 Å². The maximum atomic E-state index is 13.3. The van der Waals surface area contributed by atoms with E-state index >= 15 is 0 Å². The molecule has 1 atom stereocenters. The van der Waals surface area contributed by atoms with Gasteiger partial charge >= 0.3 is 0 Å². The fourth-order valence-corrected chi connectivity index (χ4v) is 4.02. The second-order valence-electron chi connectivity index (χ2n) is 8.00. The van der Waals surface area contributed by atoms with Crippen molar-refractivity contribution < 1.29 is 27.6 Å². The first kappa shape index (κ1) is 21.2. The summed E-state index contributed by atoms with van der Waals surface area (Å²) in [6.07, 6.45) is 0.356. The molecule has 2 fully saturated rings. The van der Waals surface area contributed by atoms with Crippen LogP contribution in [0.4, 0.5) is 14.5 Å². The van der Waals surface area contributed by atoms with Crippen LogP contribution in [0.3, 0.4) is 0 Å². The van der Waals surface area contributed by atoms with E-state index in [0.717, 1.165) is 0 Å². The molecule has 1 aliphatic carbocycles. The van der Waals surface area contributed by atoms with Crippen LogP contribution in [0.2, 0.25) is 0 Å². The van der Waals surface area contributed by atoms with Gasteiger partial charge in [0.2, 0.25) is 23.6 Å². The van der Waals surface area contributed by atoms with Gasteiger partial charge in [-0.25, -0.2) is 8.78 Å². The van der Waals surface area contributed by atoms with Crippen molar-refractivity contribution in [2.75, 3.05) is 18.6 Å². The summed E-state index contributed by atoms with van der Waals surface area (Å²) >= 11 is 0. The number of rotatable bonds is 6. The van der Waals surface area contributed by atoms with Gasteiger partial charge in [0, 0.05) is 43.5 Å². The van der Waals surface area contributed by atoms with E-state index in [4.69, 9.17) is 9.26 Å². The third-order valence-corrected chi connectivity index (χ3v) is 5.84. The number of carbonyl (C=O) groups excluding carboxylic acids is 2. The highest BCUT2D eigenvalue weighted by molar-refractivity contribution is 6.00. The molecule has 2 heterocycles. The molecule has 0 bridgehead atoms. The van der Waals surface area contributed by atoms with Crippen molar-refractivity contribution in [3.8, 4) is 5.75 Å². The van der Waals surface area contributed by atoms with Crippen LogP contribution in [0.25, 0.3) is 0 Å². The number of methoxy groups -OCH3 is 1. The van der Waals surface area contributed by atoms with Gasteiger partial charge in [0.25, 0.3) is 0 Å². The van der Waals surface area contributed by atoms with E-state index in [-0.39, 0.29) is 56.0 Å². The Morgan fingerprint density at radius 3 is 2.87 bits per heavy atom. The minimum Gasteiger partial charge on any atom is -0.497 e. The van der Waals surface area contributed by atoms with Crippen LogP contribution in [-0.2, 0) is 16.1 Å². The van der Waals surface area contributed by atoms with Crippen molar-refractivity contribution in [1.82, 2.24) is 15.5 Å². The van der Waals surface area contributed by atoms with Gasteiger partial charge in [0.1, 0.15) is 5.75 Å². The monoisotopic (exact) mass is 434 g/mol. The molecular weight excluding hydrogens is 410 g/mol. The smallest absolute Gasteiger partial charge is 0.248 e. The average Bonchev–Trinajstić information content (AvgIpc) is 3.39. The van der Waals surface area contributed by atoms with E-state index in [1.807, 2.05) is 0 Å². The Kier molecular flexibility index (Phi) is 5.88. The lowest BCUT2D eigenvalue weighted by atomic mass is 9.86. The summed E-state index contributed by atoms with van der Waals surface area (Å²) in [5.41, 5.74) is 0.680. The first-order valence-corrected chi connectivity index (χ1v) is 10.3. The lowest BCUT2D eigenvalue weighted by Gasteiger charge is -2.26. The number of benzene rings is 1. The molecule has 10 heteroatoms. The molecule has 1 unspecified atom stereocenters. The fourth-order valence-electron chi connectivity index (χ4n) is 4.02. The maximum Gasteiger partial charge on any atom is 0.248 e. The van der Waals surface area contributed by atoms with Crippen molar-refractivity contribution in [1.29, 1.82) is 0 Å². The van der Waals surface area contributed by atoms with Crippen molar-refractivity contribution in [3.05, 3.63) is 36.0 Å². The number of halogens is 2. The van der Waals surface area contributed by atoms with Gasteiger partial charge in [-0.1, -0.05) is 11.2 Å². The summed E-state index contributed by atoms with van der Waals surface area (Å²) in [5.74, 6) is -2.44. The summed E-state index contributed by atoms with van der Waals surface area (Å²) < 4.78 is 37.0. The Morgan fingerprint density at radius 1 is 1.35 bits per heavy atom. The molecule has 0 radical (unpaired) electrons. The molecule has 2 aliphatic rings.